The quantitative estimate of drug-likeness (QED) is 0.532. The van der Waals surface area contributed by atoms with Gasteiger partial charge in [0.25, 0.3) is 10.0 Å². The van der Waals surface area contributed by atoms with Gasteiger partial charge < -0.3 is 14.8 Å². The van der Waals surface area contributed by atoms with Gasteiger partial charge in [-0.3, -0.25) is 13.8 Å². The number of nitrogens with one attached hydrogen (secondary N) is 1. The van der Waals surface area contributed by atoms with Gasteiger partial charge in [-0.2, -0.15) is 5.10 Å². The predicted molar refractivity (Wildman–Crippen MR) is 134 cm³/mol. The van der Waals surface area contributed by atoms with Gasteiger partial charge in [-0.25, -0.2) is 8.42 Å². The standard InChI is InChI=1S/C25H30N4O5S/c1-16(2)19-6-9-21(10-7-19)29(35(31,32)25-17(3)27-28(5)18(25)4)15-24(30)26-20-8-11-22-23(14-20)34-13-12-33-22/h6-11,14,16H,12-13,15H2,1-5H3,(H,26,30). The first-order valence-electron chi connectivity index (χ1n) is 11.4. The van der Waals surface area contributed by atoms with Crippen molar-refractivity contribution in [2.24, 2.45) is 7.05 Å². The molecule has 0 unspecified atom stereocenters. The lowest BCUT2D eigenvalue weighted by atomic mass is 10.0. The maximum Gasteiger partial charge on any atom is 0.268 e. The molecule has 186 valence electrons. The molecular weight excluding hydrogens is 468 g/mol. The molecular formula is C25H30N4O5S. The molecule has 35 heavy (non-hydrogen) atoms. The number of sulfonamides is 1. The minimum Gasteiger partial charge on any atom is -0.486 e. The molecule has 0 saturated heterocycles. The number of nitrogens with zero attached hydrogens (tertiary/aromatic N) is 3. The molecule has 0 aliphatic carbocycles. The highest BCUT2D eigenvalue weighted by Gasteiger charge is 2.32. The van der Waals surface area contributed by atoms with E-state index >= 15 is 0 Å². The van der Waals surface area contributed by atoms with Gasteiger partial charge in [0.1, 0.15) is 24.7 Å². The summed E-state index contributed by atoms with van der Waals surface area (Å²) < 4.78 is 41.4. The molecule has 4 rings (SSSR count). The molecule has 0 atom stereocenters. The fourth-order valence-electron chi connectivity index (χ4n) is 4.03. The Balaban J connectivity index is 1.67. The van der Waals surface area contributed by atoms with E-state index in [9.17, 15) is 13.2 Å². The van der Waals surface area contributed by atoms with E-state index < -0.39 is 22.5 Å². The Labute approximate surface area is 205 Å². The van der Waals surface area contributed by atoms with Gasteiger partial charge in [0, 0.05) is 18.8 Å². The van der Waals surface area contributed by atoms with Crippen molar-refractivity contribution in [1.82, 2.24) is 9.78 Å². The topological polar surface area (TPSA) is 103 Å². The highest BCUT2D eigenvalue weighted by Crippen LogP contribution is 2.33. The van der Waals surface area contributed by atoms with Crippen molar-refractivity contribution in [1.29, 1.82) is 0 Å². The number of amides is 1. The highest BCUT2D eigenvalue weighted by molar-refractivity contribution is 7.93. The second-order valence-electron chi connectivity index (χ2n) is 8.79. The SMILES string of the molecule is Cc1nn(C)c(C)c1S(=O)(=O)N(CC(=O)Nc1ccc2c(c1)OCCO2)c1ccc(C(C)C)cc1. The predicted octanol–water partition coefficient (Wildman–Crippen LogP) is 3.77. The molecule has 10 heteroatoms. The van der Waals surface area contributed by atoms with Gasteiger partial charge in [-0.15, -0.1) is 0 Å². The summed E-state index contributed by atoms with van der Waals surface area (Å²) in [6, 6.07) is 12.3. The summed E-state index contributed by atoms with van der Waals surface area (Å²) >= 11 is 0. The van der Waals surface area contributed by atoms with Crippen molar-refractivity contribution in [2.45, 2.75) is 38.5 Å². The maximum atomic E-state index is 13.8. The number of hydrogen-bond donors (Lipinski definition) is 1. The number of benzene rings is 2. The van der Waals surface area contributed by atoms with Crippen LogP contribution < -0.4 is 19.1 Å². The zero-order chi connectivity index (χ0) is 25.3. The first-order chi connectivity index (χ1) is 16.6. The molecule has 3 aromatic rings. The lowest BCUT2D eigenvalue weighted by molar-refractivity contribution is -0.114. The van der Waals surface area contributed by atoms with Crippen molar-refractivity contribution in [2.75, 3.05) is 29.4 Å². The molecule has 2 aromatic carbocycles. The third kappa shape index (κ3) is 4.97. The van der Waals surface area contributed by atoms with Gasteiger partial charge in [0.15, 0.2) is 11.5 Å². The van der Waals surface area contributed by atoms with E-state index in [-0.39, 0.29) is 10.8 Å². The number of hydrogen-bond acceptors (Lipinski definition) is 6. The van der Waals surface area contributed by atoms with E-state index in [1.165, 1.54) is 4.68 Å². The molecule has 0 saturated carbocycles. The Morgan fingerprint density at radius 1 is 1.09 bits per heavy atom. The zero-order valence-corrected chi connectivity index (χ0v) is 21.3. The molecule has 1 aliphatic heterocycles. The third-order valence-corrected chi connectivity index (χ3v) is 7.98. The third-order valence-electron chi connectivity index (χ3n) is 5.95. The average Bonchev–Trinajstić information content (AvgIpc) is 3.08. The number of aromatic nitrogens is 2. The zero-order valence-electron chi connectivity index (χ0n) is 20.5. The van der Waals surface area contributed by atoms with Crippen LogP contribution in [-0.4, -0.2) is 43.9 Å². The van der Waals surface area contributed by atoms with Crippen LogP contribution in [0.1, 0.15) is 36.7 Å². The highest BCUT2D eigenvalue weighted by atomic mass is 32.2. The summed E-state index contributed by atoms with van der Waals surface area (Å²) in [6.45, 7) is 7.95. The van der Waals surface area contributed by atoms with E-state index in [2.05, 4.69) is 24.3 Å². The van der Waals surface area contributed by atoms with Crippen LogP contribution in [0.2, 0.25) is 0 Å². The Hall–Kier alpha value is -3.53. The lowest BCUT2D eigenvalue weighted by Gasteiger charge is -2.25. The first kappa shape index (κ1) is 24.6. The van der Waals surface area contributed by atoms with E-state index in [4.69, 9.17) is 9.47 Å². The van der Waals surface area contributed by atoms with Crippen molar-refractivity contribution in [3.63, 3.8) is 0 Å². The minimum absolute atomic E-state index is 0.0973. The number of rotatable bonds is 7. The van der Waals surface area contributed by atoms with Gasteiger partial charge in [-0.05, 0) is 49.6 Å². The molecule has 0 bridgehead atoms. The average molecular weight is 499 g/mol. The van der Waals surface area contributed by atoms with Gasteiger partial charge in [0.05, 0.1) is 17.1 Å². The van der Waals surface area contributed by atoms with Gasteiger partial charge >= 0.3 is 0 Å². The lowest BCUT2D eigenvalue weighted by Crippen LogP contribution is -2.38. The molecule has 1 N–H and O–H groups in total. The van der Waals surface area contributed by atoms with Crippen molar-refractivity contribution in [3.8, 4) is 11.5 Å². The summed E-state index contributed by atoms with van der Waals surface area (Å²) in [7, 11) is -2.39. The normalized spacial score (nSPS) is 13.1. The first-order valence-corrected chi connectivity index (χ1v) is 12.8. The van der Waals surface area contributed by atoms with E-state index in [1.54, 1.807) is 51.2 Å². The Morgan fingerprint density at radius 2 is 1.74 bits per heavy atom. The molecule has 0 radical (unpaired) electrons. The smallest absolute Gasteiger partial charge is 0.268 e. The van der Waals surface area contributed by atoms with Gasteiger partial charge in [-0.1, -0.05) is 26.0 Å². The summed E-state index contributed by atoms with van der Waals surface area (Å²) in [6.07, 6.45) is 0. The number of ether oxygens (including phenoxy) is 2. The minimum atomic E-state index is -4.08. The second-order valence-corrected chi connectivity index (χ2v) is 10.6. The summed E-state index contributed by atoms with van der Waals surface area (Å²) in [5.41, 5.74) is 2.83. The van der Waals surface area contributed by atoms with Crippen molar-refractivity contribution >= 4 is 27.3 Å². The molecule has 0 fully saturated rings. The molecule has 1 aromatic heterocycles. The number of carbonyl (C=O) groups excluding carboxylic acids is 1. The maximum absolute atomic E-state index is 13.8. The van der Waals surface area contributed by atoms with Crippen LogP contribution in [0.3, 0.4) is 0 Å². The van der Waals surface area contributed by atoms with Gasteiger partial charge in [0.2, 0.25) is 5.91 Å². The molecule has 1 amide bonds. The Bertz CT molecular complexity index is 1350. The monoisotopic (exact) mass is 498 g/mol. The molecule has 9 nitrogen and oxygen atoms in total. The van der Waals surface area contributed by atoms with E-state index in [0.717, 1.165) is 9.87 Å². The van der Waals surface area contributed by atoms with Crippen LogP contribution in [0.25, 0.3) is 0 Å². The fourth-order valence-corrected chi connectivity index (χ4v) is 5.86. The second kappa shape index (κ2) is 9.61. The largest absolute Gasteiger partial charge is 0.486 e. The summed E-state index contributed by atoms with van der Waals surface area (Å²) in [5, 5.41) is 7.04. The fraction of sp³-hybridized carbons (Fsp3) is 0.360. The number of anilines is 2. The number of aryl methyl sites for hydroxylation is 2. The number of carbonyl (C=O) groups is 1. The summed E-state index contributed by atoms with van der Waals surface area (Å²) in [5.74, 6) is 0.934. The van der Waals surface area contributed by atoms with E-state index in [1.807, 2.05) is 12.1 Å². The van der Waals surface area contributed by atoms with E-state index in [0.29, 0.717) is 47.5 Å². The molecule has 0 spiro atoms. The van der Waals surface area contributed by atoms with Crippen LogP contribution in [-0.2, 0) is 21.9 Å². The summed E-state index contributed by atoms with van der Waals surface area (Å²) in [4.78, 5) is 13.2. The number of fused-ring (bicyclic) bond motifs is 1. The van der Waals surface area contributed by atoms with Crippen LogP contribution >= 0.6 is 0 Å². The Kier molecular flexibility index (Phi) is 6.75. The van der Waals surface area contributed by atoms with Crippen LogP contribution in [0.5, 0.6) is 11.5 Å². The van der Waals surface area contributed by atoms with Crippen LogP contribution in [0.15, 0.2) is 47.4 Å². The van der Waals surface area contributed by atoms with Crippen molar-refractivity contribution < 1.29 is 22.7 Å². The molecule has 2 heterocycles. The van der Waals surface area contributed by atoms with Crippen LogP contribution in [0.4, 0.5) is 11.4 Å². The Morgan fingerprint density at radius 3 is 2.34 bits per heavy atom. The molecule has 1 aliphatic rings. The van der Waals surface area contributed by atoms with Crippen LogP contribution in [0, 0.1) is 13.8 Å². The van der Waals surface area contributed by atoms with Crippen molar-refractivity contribution in [3.05, 3.63) is 59.4 Å².